The number of rotatable bonds is 5. The molecule has 1 aromatic rings. The smallest absolute Gasteiger partial charge is 0.242 e. The van der Waals surface area contributed by atoms with Crippen LogP contribution in [0, 0.1) is 0 Å². The molecule has 0 spiro atoms. The highest BCUT2D eigenvalue weighted by Gasteiger charge is 2.36. The monoisotopic (exact) mass is 311 g/mol. The Kier molecular flexibility index (Phi) is 3.81. The van der Waals surface area contributed by atoms with E-state index in [1.807, 2.05) is 0 Å². The summed E-state index contributed by atoms with van der Waals surface area (Å²) in [6, 6.07) is 5.27. The van der Waals surface area contributed by atoms with Gasteiger partial charge in [0.15, 0.2) is 0 Å². The number of nitrogens with zero attached hydrogens (tertiary/aromatic N) is 1. The van der Waals surface area contributed by atoms with Crippen molar-refractivity contribution in [3.8, 4) is 5.75 Å². The summed E-state index contributed by atoms with van der Waals surface area (Å²) in [5.41, 5.74) is 6.04. The molecule has 1 heterocycles. The molecule has 3 N–H and O–H groups in total. The molecule has 6 nitrogen and oxygen atoms in total. The van der Waals surface area contributed by atoms with Gasteiger partial charge in [-0.1, -0.05) is 0 Å². The zero-order valence-electron chi connectivity index (χ0n) is 12.1. The van der Waals surface area contributed by atoms with Gasteiger partial charge in [-0.3, -0.25) is 4.90 Å². The molecule has 7 heteroatoms. The topological polar surface area (TPSA) is 84.7 Å². The average molecular weight is 311 g/mol. The number of nitrogens with one attached hydrogen (secondary N) is 1. The molecule has 3 rings (SSSR count). The van der Waals surface area contributed by atoms with Gasteiger partial charge in [0.1, 0.15) is 10.6 Å². The van der Waals surface area contributed by atoms with E-state index in [-0.39, 0.29) is 16.6 Å². The molecule has 2 fully saturated rings. The van der Waals surface area contributed by atoms with Gasteiger partial charge in [-0.25, -0.2) is 13.1 Å². The molecule has 1 aliphatic heterocycles. The quantitative estimate of drug-likeness (QED) is 0.786. The van der Waals surface area contributed by atoms with Crippen LogP contribution < -0.4 is 15.2 Å². The number of ether oxygens (including phenoxy) is 1. The lowest BCUT2D eigenvalue weighted by Gasteiger charge is -2.16. The number of benzene rings is 1. The van der Waals surface area contributed by atoms with Gasteiger partial charge >= 0.3 is 0 Å². The summed E-state index contributed by atoms with van der Waals surface area (Å²) in [6.07, 6.45) is 3.33. The largest absolute Gasteiger partial charge is 0.497 e. The predicted molar refractivity (Wildman–Crippen MR) is 80.7 cm³/mol. The fourth-order valence-electron chi connectivity index (χ4n) is 2.84. The second-order valence-corrected chi connectivity index (χ2v) is 7.42. The van der Waals surface area contributed by atoms with Gasteiger partial charge in [-0.15, -0.1) is 0 Å². The Bertz CT molecular complexity index is 628. The van der Waals surface area contributed by atoms with E-state index in [4.69, 9.17) is 10.5 Å². The highest BCUT2D eigenvalue weighted by molar-refractivity contribution is 7.89. The number of nitrogens with two attached hydrogens (primary N) is 1. The first-order valence-electron chi connectivity index (χ1n) is 7.19. The fraction of sp³-hybridized carbons (Fsp3) is 0.571. The molecule has 21 heavy (non-hydrogen) atoms. The van der Waals surface area contributed by atoms with E-state index in [0.717, 1.165) is 19.5 Å². The van der Waals surface area contributed by atoms with Crippen molar-refractivity contribution in [1.82, 2.24) is 9.62 Å². The third-order valence-corrected chi connectivity index (χ3v) is 5.71. The van der Waals surface area contributed by atoms with Crippen LogP contribution in [0.15, 0.2) is 23.1 Å². The van der Waals surface area contributed by atoms with Crippen molar-refractivity contribution < 1.29 is 13.2 Å². The van der Waals surface area contributed by atoms with Crippen LogP contribution in [0.5, 0.6) is 5.75 Å². The second kappa shape index (κ2) is 5.47. The van der Waals surface area contributed by atoms with Crippen LogP contribution in [-0.2, 0) is 10.0 Å². The Balaban J connectivity index is 1.71. The highest BCUT2D eigenvalue weighted by Crippen LogP contribution is 2.30. The number of methoxy groups -OCH3 is 1. The van der Waals surface area contributed by atoms with Crippen LogP contribution in [0.4, 0.5) is 5.69 Å². The summed E-state index contributed by atoms with van der Waals surface area (Å²) < 4.78 is 32.7. The lowest BCUT2D eigenvalue weighted by Crippen LogP contribution is -2.37. The minimum absolute atomic E-state index is 0.0305. The van der Waals surface area contributed by atoms with Gasteiger partial charge in [-0.05, 0) is 31.4 Å². The molecule has 0 amide bonds. The SMILES string of the molecule is COc1ccc(S(=O)(=O)NC2CCN(C3CC3)C2)c(N)c1. The molecule has 1 aromatic carbocycles. The average Bonchev–Trinajstić information content (AvgIpc) is 3.19. The Labute approximate surface area is 125 Å². The standard InChI is InChI=1S/C14H21N3O3S/c1-20-12-4-5-14(13(15)8-12)21(18,19)16-10-6-7-17(9-10)11-2-3-11/h4-5,8,10-11,16H,2-3,6-7,9,15H2,1H3. The number of hydrogen-bond donors (Lipinski definition) is 2. The minimum atomic E-state index is -3.59. The van der Waals surface area contributed by atoms with Gasteiger partial charge in [0, 0.05) is 31.2 Å². The van der Waals surface area contributed by atoms with Crippen molar-refractivity contribution in [2.24, 2.45) is 0 Å². The molecule has 1 unspecified atom stereocenters. The highest BCUT2D eigenvalue weighted by atomic mass is 32.2. The number of hydrogen-bond acceptors (Lipinski definition) is 5. The van der Waals surface area contributed by atoms with Crippen LogP contribution in [0.1, 0.15) is 19.3 Å². The summed E-state index contributed by atoms with van der Waals surface area (Å²) in [5, 5.41) is 0. The minimum Gasteiger partial charge on any atom is -0.497 e. The molecule has 0 bridgehead atoms. The van der Waals surface area contributed by atoms with E-state index in [0.29, 0.717) is 11.8 Å². The number of likely N-dealkylation sites (tertiary alicyclic amines) is 1. The Morgan fingerprint density at radius 2 is 2.10 bits per heavy atom. The number of nitrogen functional groups attached to an aromatic ring is 1. The molecular weight excluding hydrogens is 290 g/mol. The summed E-state index contributed by atoms with van der Waals surface area (Å²) in [7, 11) is -2.07. The van der Waals surface area contributed by atoms with Crippen molar-refractivity contribution in [3.05, 3.63) is 18.2 Å². The van der Waals surface area contributed by atoms with E-state index >= 15 is 0 Å². The first-order chi connectivity index (χ1) is 9.99. The van der Waals surface area contributed by atoms with Gasteiger partial charge in [0.25, 0.3) is 0 Å². The van der Waals surface area contributed by atoms with Crippen LogP contribution in [0.25, 0.3) is 0 Å². The van der Waals surface area contributed by atoms with Gasteiger partial charge in [-0.2, -0.15) is 0 Å². The predicted octanol–water partition coefficient (Wildman–Crippen LogP) is 0.792. The first kappa shape index (κ1) is 14.6. The summed E-state index contributed by atoms with van der Waals surface area (Å²) in [4.78, 5) is 2.48. The number of sulfonamides is 1. The normalized spacial score (nSPS) is 23.4. The van der Waals surface area contributed by atoms with E-state index < -0.39 is 10.0 Å². The summed E-state index contributed by atoms with van der Waals surface area (Å²) in [6.45, 7) is 1.76. The zero-order valence-corrected chi connectivity index (χ0v) is 12.9. The lowest BCUT2D eigenvalue weighted by atomic mass is 10.3. The summed E-state index contributed by atoms with van der Waals surface area (Å²) >= 11 is 0. The van der Waals surface area contributed by atoms with Crippen molar-refractivity contribution in [2.45, 2.75) is 36.2 Å². The molecular formula is C14H21N3O3S. The van der Waals surface area contributed by atoms with Crippen molar-refractivity contribution >= 4 is 15.7 Å². The van der Waals surface area contributed by atoms with Gasteiger partial charge in [0.2, 0.25) is 10.0 Å². The Morgan fingerprint density at radius 1 is 1.33 bits per heavy atom. The maximum absolute atomic E-state index is 12.5. The third-order valence-electron chi connectivity index (χ3n) is 4.11. The molecule has 1 aliphatic carbocycles. The van der Waals surface area contributed by atoms with E-state index in [1.54, 1.807) is 6.07 Å². The van der Waals surface area contributed by atoms with Gasteiger partial charge < -0.3 is 10.5 Å². The third kappa shape index (κ3) is 3.14. The van der Waals surface area contributed by atoms with Crippen LogP contribution in [0.2, 0.25) is 0 Å². The molecule has 1 saturated heterocycles. The molecule has 116 valence electrons. The second-order valence-electron chi connectivity index (χ2n) is 5.74. The van der Waals surface area contributed by atoms with Crippen molar-refractivity contribution in [3.63, 3.8) is 0 Å². The molecule has 0 radical (unpaired) electrons. The molecule has 1 saturated carbocycles. The summed E-state index contributed by atoms with van der Waals surface area (Å²) in [5.74, 6) is 0.548. The first-order valence-corrected chi connectivity index (χ1v) is 8.68. The Hall–Kier alpha value is -1.31. The van der Waals surface area contributed by atoms with E-state index in [9.17, 15) is 8.42 Å². The van der Waals surface area contributed by atoms with E-state index in [2.05, 4.69) is 9.62 Å². The van der Waals surface area contributed by atoms with Crippen LogP contribution >= 0.6 is 0 Å². The maximum atomic E-state index is 12.5. The lowest BCUT2D eigenvalue weighted by molar-refractivity contribution is 0.322. The Morgan fingerprint density at radius 3 is 2.71 bits per heavy atom. The molecule has 1 atom stereocenters. The molecule has 0 aromatic heterocycles. The fourth-order valence-corrected chi connectivity index (χ4v) is 4.21. The number of anilines is 1. The van der Waals surface area contributed by atoms with Crippen LogP contribution in [0.3, 0.4) is 0 Å². The van der Waals surface area contributed by atoms with Crippen molar-refractivity contribution in [2.75, 3.05) is 25.9 Å². The zero-order chi connectivity index (χ0) is 15.0. The van der Waals surface area contributed by atoms with Crippen molar-refractivity contribution in [1.29, 1.82) is 0 Å². The maximum Gasteiger partial charge on any atom is 0.242 e. The van der Waals surface area contributed by atoms with Crippen LogP contribution in [-0.4, -0.2) is 45.6 Å². The van der Waals surface area contributed by atoms with Gasteiger partial charge in [0.05, 0.1) is 12.8 Å². The van der Waals surface area contributed by atoms with E-state index in [1.165, 1.54) is 32.1 Å². The molecule has 2 aliphatic rings.